The van der Waals surface area contributed by atoms with E-state index in [0.29, 0.717) is 123 Å². The number of allylic oxidation sites excluding steroid dienone is 7. The first kappa shape index (κ1) is 93.9. The maximum Gasteiger partial charge on any atom is 0.330 e. The number of aliphatic hydroxyl groups excluding tert-OH is 1. The largest absolute Gasteiger partial charge is 0.462 e. The lowest BCUT2D eigenvalue weighted by molar-refractivity contribution is -0.145. The minimum atomic E-state index is -0.440. The third kappa shape index (κ3) is 43.2. The molecule has 0 spiro atoms. The van der Waals surface area contributed by atoms with Crippen molar-refractivity contribution in [2.75, 3.05) is 139 Å². The Bertz CT molecular complexity index is 2350. The highest BCUT2D eigenvalue weighted by Crippen LogP contribution is 2.52. The van der Waals surface area contributed by atoms with Crippen LogP contribution in [0.2, 0.25) is 0 Å². The predicted molar refractivity (Wildman–Crippen MR) is 408 cm³/mol. The Morgan fingerprint density at radius 2 is 0.768 bits per heavy atom. The first-order valence-electron chi connectivity index (χ1n) is 34.3. The van der Waals surface area contributed by atoms with Gasteiger partial charge < -0.3 is 61.9 Å². The van der Waals surface area contributed by atoms with E-state index in [-0.39, 0.29) is 67.3 Å². The number of aromatic nitrogens is 3. The van der Waals surface area contributed by atoms with Crippen molar-refractivity contribution < 1.29 is 66.7 Å². The monoisotopic (exact) mass is 1380 g/mol. The molecule has 2 bridgehead atoms. The number of aliphatic hydroxyl groups is 1. The Labute approximate surface area is 598 Å². The predicted octanol–water partition coefficient (Wildman–Crippen LogP) is 16.2. The molecule has 99 heavy (non-hydrogen) atoms. The fourth-order valence-electron chi connectivity index (χ4n) is 10.3. The van der Waals surface area contributed by atoms with Crippen LogP contribution in [-0.4, -0.2) is 165 Å². The van der Waals surface area contributed by atoms with Crippen molar-refractivity contribution in [2.45, 2.75) is 72.1 Å². The molecule has 17 heteroatoms. The number of carbonyl (C=O) groups excluding carboxylic acids is 1. The first-order valence-corrected chi connectivity index (χ1v) is 34.3. The smallest absolute Gasteiger partial charge is 0.330 e. The van der Waals surface area contributed by atoms with Gasteiger partial charge in [-0.15, -0.1) is 93.9 Å². The number of ether oxygens (including phenoxy) is 12. The van der Waals surface area contributed by atoms with E-state index in [1.807, 2.05) is 13.8 Å². The van der Waals surface area contributed by atoms with E-state index in [2.05, 4.69) is 170 Å². The van der Waals surface area contributed by atoms with Gasteiger partial charge in [-0.05, 0) is 92.8 Å². The molecule has 5 rings (SSSR count). The van der Waals surface area contributed by atoms with Crippen LogP contribution in [-0.2, 0) is 47.4 Å². The molecule has 4 aliphatic rings. The van der Waals surface area contributed by atoms with Crippen molar-refractivity contribution in [3.05, 3.63) is 227 Å². The summed E-state index contributed by atoms with van der Waals surface area (Å²) < 4.78 is 64.1. The van der Waals surface area contributed by atoms with Crippen molar-refractivity contribution in [1.29, 1.82) is 0 Å². The van der Waals surface area contributed by atoms with Crippen LogP contribution in [0.5, 0.6) is 18.0 Å². The minimum absolute atomic E-state index is 0.0672. The molecular formula is C82H127N3O14. The quantitative estimate of drug-likeness (QED) is 0.0281. The second kappa shape index (κ2) is 63.0. The summed E-state index contributed by atoms with van der Waals surface area (Å²) >= 11 is 0. The van der Waals surface area contributed by atoms with Crippen molar-refractivity contribution in [3.8, 4) is 18.0 Å². The van der Waals surface area contributed by atoms with E-state index in [1.165, 1.54) is 32.1 Å². The normalized spacial score (nSPS) is 17.9. The summed E-state index contributed by atoms with van der Waals surface area (Å²) in [5, 5.41) is 9.36. The van der Waals surface area contributed by atoms with Gasteiger partial charge in [0.05, 0.1) is 118 Å². The number of fused-ring (bicyclic) bond motifs is 5. The highest BCUT2D eigenvalue weighted by molar-refractivity contribution is 5.81. The number of hydrogen-bond donors (Lipinski definition) is 1. The summed E-state index contributed by atoms with van der Waals surface area (Å²) in [5.41, 5.74) is -0.772. The molecule has 0 aromatic carbocycles. The van der Waals surface area contributed by atoms with Crippen LogP contribution in [0, 0.1) is 57.7 Å². The lowest BCUT2D eigenvalue weighted by Crippen LogP contribution is -2.37. The number of rotatable bonds is 51. The Morgan fingerprint density at radius 3 is 1.08 bits per heavy atom. The molecule has 1 N–H and O–H groups in total. The van der Waals surface area contributed by atoms with Crippen molar-refractivity contribution >= 4 is 5.97 Å². The van der Waals surface area contributed by atoms with Crippen LogP contribution >= 0.6 is 0 Å². The molecule has 0 radical (unpaired) electrons. The van der Waals surface area contributed by atoms with E-state index < -0.39 is 5.97 Å². The number of nitrogens with zero attached hydrogens (tertiary/aromatic N) is 3. The van der Waals surface area contributed by atoms with Gasteiger partial charge in [0, 0.05) is 16.9 Å². The Morgan fingerprint density at radius 1 is 0.424 bits per heavy atom. The third-order valence-electron chi connectivity index (χ3n) is 16.2. The zero-order valence-corrected chi connectivity index (χ0v) is 61.0. The number of hydrogen-bond acceptors (Lipinski definition) is 17. The topological polar surface area (TPSA) is 187 Å². The zero-order chi connectivity index (χ0) is 74.1. The van der Waals surface area contributed by atoms with Crippen LogP contribution < -0.4 is 14.2 Å². The van der Waals surface area contributed by atoms with Gasteiger partial charge in [-0.25, -0.2) is 4.79 Å². The molecule has 554 valence electrons. The summed E-state index contributed by atoms with van der Waals surface area (Å²) in [7, 11) is 0. The molecule has 7 unspecified atom stereocenters. The SMILES string of the molecule is C1=CC2C3C=CC(C3)C2C1.C=CC1CCC(C=C)C(C=C)C1.C=CCOCC(CC)(CO)COCC=C.C=CCOCC(CC)(COCC=C)COC(=O)C=C.C=CCOCC(CC)(COCC=C)COCC=C.C=CCOCC=C.C=CCOc1nc(OCC=C)nc(OCC=C)n1. The summed E-state index contributed by atoms with van der Waals surface area (Å²) in [5.74, 6) is 5.36. The van der Waals surface area contributed by atoms with E-state index in [1.54, 1.807) is 72.9 Å². The minimum Gasteiger partial charge on any atom is -0.462 e. The second-order valence-corrected chi connectivity index (χ2v) is 23.7. The average Bonchev–Trinajstić information content (AvgIpc) is 1.63. The summed E-state index contributed by atoms with van der Waals surface area (Å²) in [6.07, 6.45) is 46.3. The number of esters is 1. The van der Waals surface area contributed by atoms with Crippen LogP contribution in [0.3, 0.4) is 0 Å². The average molecular weight is 1380 g/mol. The maximum absolute atomic E-state index is 11.2. The van der Waals surface area contributed by atoms with E-state index >= 15 is 0 Å². The first-order chi connectivity index (χ1) is 48.1. The highest BCUT2D eigenvalue weighted by atomic mass is 16.5. The van der Waals surface area contributed by atoms with Crippen LogP contribution in [0.25, 0.3) is 0 Å². The molecule has 2 fully saturated rings. The fraction of sp³-hybridized carbons (Fsp3) is 0.512. The molecule has 7 atom stereocenters. The standard InChI is InChI=1S/C15H24O4.C15H26O3.C12H15N3O3.C12H22O3.C12H18.C10H12.C6H10O/c1-5-9-17-11-15(8-4,12-18-10-6-2)13-19-14(16)7-3;1-5-9-16-12-15(8-4,13-17-10-6-2)14-18-11-7-3;1-4-7-16-10-13-11(17-8-5-2)15-12(14-10)18-9-6-3;1-4-7-14-10-12(6-3,9-13)11-15-8-5-2;1-4-10-7-8-11(5-2)12(6-3)9-10;1-2-9-7-4-5-8(6-7)10(9)3-1;1-3-5-7-6-4-2/h5-7H,1-3,8-13H2,4H3;5-7H,1-3,8-14H2,4H3;4-6H,1-3,7-9H2;4-5,13H,1-2,6-11H2,3H3;4-6,10-12H,1-3,7-9H2;1-2,4-5,7-10H,3,6H2;3-4H,1-2,5-6H2. The van der Waals surface area contributed by atoms with Gasteiger partial charge in [0.15, 0.2) is 0 Å². The Balaban J connectivity index is 0. The van der Waals surface area contributed by atoms with Gasteiger partial charge in [0.2, 0.25) is 0 Å². The molecule has 0 saturated heterocycles. The van der Waals surface area contributed by atoms with E-state index in [4.69, 9.17) is 56.8 Å². The third-order valence-corrected chi connectivity index (χ3v) is 16.2. The van der Waals surface area contributed by atoms with Crippen molar-refractivity contribution in [2.24, 2.45) is 57.7 Å². The van der Waals surface area contributed by atoms with E-state index in [0.717, 1.165) is 49.0 Å². The van der Waals surface area contributed by atoms with Gasteiger partial charge in [-0.2, -0.15) is 0 Å². The Kier molecular flexibility index (Phi) is 59.8. The molecule has 4 aliphatic carbocycles. The lowest BCUT2D eigenvalue weighted by Gasteiger charge is -2.31. The molecule has 0 amide bonds. The van der Waals surface area contributed by atoms with Gasteiger partial charge in [0.25, 0.3) is 0 Å². The van der Waals surface area contributed by atoms with Gasteiger partial charge in [0.1, 0.15) is 26.4 Å². The molecular weight excluding hydrogens is 1250 g/mol. The van der Waals surface area contributed by atoms with Gasteiger partial charge in [-0.1, -0.05) is 163 Å². The molecule has 2 saturated carbocycles. The van der Waals surface area contributed by atoms with Crippen LogP contribution in [0.4, 0.5) is 0 Å². The van der Waals surface area contributed by atoms with Crippen LogP contribution in [0.1, 0.15) is 72.1 Å². The maximum atomic E-state index is 11.2. The number of carbonyl (C=O) groups is 1. The molecule has 1 aromatic heterocycles. The van der Waals surface area contributed by atoms with Crippen LogP contribution in [0.15, 0.2) is 227 Å². The summed E-state index contributed by atoms with van der Waals surface area (Å²) in [6.45, 7) is 73.5. The van der Waals surface area contributed by atoms with E-state index in [9.17, 15) is 9.90 Å². The second-order valence-electron chi connectivity index (χ2n) is 23.7. The van der Waals surface area contributed by atoms with Crippen molar-refractivity contribution in [3.63, 3.8) is 0 Å². The van der Waals surface area contributed by atoms with Gasteiger partial charge >= 0.3 is 24.0 Å². The lowest BCUT2D eigenvalue weighted by atomic mass is 9.74. The van der Waals surface area contributed by atoms with Crippen molar-refractivity contribution in [1.82, 2.24) is 15.0 Å². The molecule has 1 heterocycles. The summed E-state index contributed by atoms with van der Waals surface area (Å²) in [6, 6.07) is 0.342. The molecule has 1 aromatic rings. The summed E-state index contributed by atoms with van der Waals surface area (Å²) in [4.78, 5) is 23.0. The fourth-order valence-corrected chi connectivity index (χ4v) is 10.3. The van der Waals surface area contributed by atoms with Gasteiger partial charge in [-0.3, -0.25) is 0 Å². The molecule has 0 aliphatic heterocycles. The molecule has 17 nitrogen and oxygen atoms in total. The zero-order valence-electron chi connectivity index (χ0n) is 61.0. The highest BCUT2D eigenvalue weighted by Gasteiger charge is 2.44. The Hall–Kier alpha value is -7.16.